The molecular weight excluding hydrogens is 480 g/mol. The van der Waals surface area contributed by atoms with Gasteiger partial charge in [-0.1, -0.05) is 18.2 Å². The van der Waals surface area contributed by atoms with Crippen LogP contribution < -0.4 is 10.1 Å². The molecule has 1 aromatic carbocycles. The number of carbonyl (C=O) groups is 2. The summed E-state index contributed by atoms with van der Waals surface area (Å²) in [4.78, 5) is 33.9. The van der Waals surface area contributed by atoms with Crippen molar-refractivity contribution in [2.75, 3.05) is 46.4 Å². The minimum atomic E-state index is -0.483. The standard InChI is InChI=1S/C30H42N4O4/c1-30(2,3)38-29(36)34-15-11-22(12-16-34)18-23-20-31-13-7-17-37-27-9-6-5-8-25(27)24-10-14-32-26(19-24)28(35)33(4)21-23/h5-6,8-10,14,19,22-23,31H,7,11-13,15-18,20-21H2,1-4H3. The SMILES string of the molecule is CN1CC(CC2CCN(C(=O)OC(C)(C)C)CC2)CNCCCOc2ccccc2-c2ccnc(c2)C1=O. The van der Waals surface area contributed by atoms with Gasteiger partial charge in [-0.25, -0.2) is 4.79 Å². The van der Waals surface area contributed by atoms with E-state index in [1.165, 1.54) is 0 Å². The number of fused-ring (bicyclic) bond motifs is 4. The monoisotopic (exact) mass is 522 g/mol. The van der Waals surface area contributed by atoms with E-state index < -0.39 is 5.60 Å². The van der Waals surface area contributed by atoms with E-state index >= 15 is 0 Å². The third kappa shape index (κ3) is 7.69. The number of hydrogen-bond acceptors (Lipinski definition) is 6. The van der Waals surface area contributed by atoms with Crippen LogP contribution in [0, 0.1) is 11.8 Å². The van der Waals surface area contributed by atoms with Crippen molar-refractivity contribution in [3.8, 4) is 16.9 Å². The number of pyridine rings is 1. The molecule has 0 aliphatic carbocycles. The predicted molar refractivity (Wildman–Crippen MR) is 148 cm³/mol. The van der Waals surface area contributed by atoms with E-state index in [4.69, 9.17) is 9.47 Å². The van der Waals surface area contributed by atoms with Gasteiger partial charge in [0.05, 0.1) is 6.61 Å². The van der Waals surface area contributed by atoms with Gasteiger partial charge in [-0.3, -0.25) is 9.78 Å². The number of hydrogen-bond donors (Lipinski definition) is 1. The summed E-state index contributed by atoms with van der Waals surface area (Å²) in [5, 5.41) is 3.59. The van der Waals surface area contributed by atoms with Gasteiger partial charge >= 0.3 is 6.09 Å². The van der Waals surface area contributed by atoms with Crippen LogP contribution in [0.1, 0.15) is 56.9 Å². The fourth-order valence-corrected chi connectivity index (χ4v) is 5.27. The molecule has 1 aromatic heterocycles. The lowest BCUT2D eigenvalue weighted by atomic mass is 9.86. The molecular formula is C30H42N4O4. The van der Waals surface area contributed by atoms with E-state index in [0.29, 0.717) is 43.8 Å². The van der Waals surface area contributed by atoms with E-state index in [1.54, 1.807) is 11.1 Å². The molecule has 206 valence electrons. The molecule has 2 bridgehead atoms. The molecule has 1 unspecified atom stereocenters. The van der Waals surface area contributed by atoms with Crippen molar-refractivity contribution in [2.24, 2.45) is 11.8 Å². The number of aromatic nitrogens is 1. The van der Waals surface area contributed by atoms with Crippen LogP contribution in [0.4, 0.5) is 4.79 Å². The van der Waals surface area contributed by atoms with Crippen LogP contribution in [0.15, 0.2) is 42.6 Å². The number of nitrogens with one attached hydrogen (secondary N) is 1. The highest BCUT2D eigenvalue weighted by molar-refractivity contribution is 5.93. The molecule has 1 N–H and O–H groups in total. The fourth-order valence-electron chi connectivity index (χ4n) is 5.27. The van der Waals surface area contributed by atoms with Crippen LogP contribution in [0.5, 0.6) is 5.75 Å². The summed E-state index contributed by atoms with van der Waals surface area (Å²) >= 11 is 0. The first-order valence-electron chi connectivity index (χ1n) is 13.8. The summed E-state index contributed by atoms with van der Waals surface area (Å²) in [6, 6.07) is 11.7. The largest absolute Gasteiger partial charge is 0.493 e. The number of ether oxygens (including phenoxy) is 2. The maximum absolute atomic E-state index is 13.4. The minimum absolute atomic E-state index is 0.0788. The van der Waals surface area contributed by atoms with Crippen LogP contribution in [-0.4, -0.2) is 78.8 Å². The Morgan fingerprint density at radius 3 is 2.68 bits per heavy atom. The number of benzene rings is 1. The summed E-state index contributed by atoms with van der Waals surface area (Å²) < 4.78 is 11.7. The van der Waals surface area contributed by atoms with E-state index in [1.807, 2.05) is 69.1 Å². The highest BCUT2D eigenvalue weighted by Gasteiger charge is 2.29. The second-order valence-electron chi connectivity index (χ2n) is 11.5. The maximum Gasteiger partial charge on any atom is 0.410 e. The van der Waals surface area contributed by atoms with Gasteiger partial charge in [0, 0.05) is 38.4 Å². The number of likely N-dealkylation sites (tertiary alicyclic amines) is 1. The highest BCUT2D eigenvalue weighted by Crippen LogP contribution is 2.31. The van der Waals surface area contributed by atoms with E-state index in [2.05, 4.69) is 10.3 Å². The summed E-state index contributed by atoms with van der Waals surface area (Å²) in [5.41, 5.74) is 1.84. The summed E-state index contributed by atoms with van der Waals surface area (Å²) in [7, 11) is 1.87. The first-order chi connectivity index (χ1) is 18.2. The van der Waals surface area contributed by atoms with Crippen LogP contribution in [-0.2, 0) is 4.74 Å². The van der Waals surface area contributed by atoms with Gasteiger partial charge in [0.2, 0.25) is 0 Å². The van der Waals surface area contributed by atoms with Crippen LogP contribution in [0.25, 0.3) is 11.1 Å². The molecule has 1 fully saturated rings. The molecule has 8 heteroatoms. The van der Waals surface area contributed by atoms with Crippen molar-refractivity contribution < 1.29 is 19.1 Å². The first-order valence-corrected chi connectivity index (χ1v) is 13.8. The topological polar surface area (TPSA) is 84.0 Å². The van der Waals surface area contributed by atoms with Crippen molar-refractivity contribution in [1.29, 1.82) is 0 Å². The van der Waals surface area contributed by atoms with E-state index in [-0.39, 0.29) is 12.0 Å². The Bertz CT molecular complexity index is 1090. The zero-order valence-corrected chi connectivity index (χ0v) is 23.2. The molecule has 2 aliphatic rings. The lowest BCUT2D eigenvalue weighted by Crippen LogP contribution is -2.43. The predicted octanol–water partition coefficient (Wildman–Crippen LogP) is 4.85. The molecule has 2 aliphatic heterocycles. The van der Waals surface area contributed by atoms with Gasteiger partial charge in [0.25, 0.3) is 5.91 Å². The first kappa shape index (κ1) is 27.9. The van der Waals surface area contributed by atoms with Crippen molar-refractivity contribution in [3.05, 3.63) is 48.3 Å². The third-order valence-electron chi connectivity index (χ3n) is 7.18. The summed E-state index contributed by atoms with van der Waals surface area (Å²) in [5.74, 6) is 1.54. The van der Waals surface area contributed by atoms with Gasteiger partial charge < -0.3 is 24.6 Å². The number of piperidine rings is 1. The quantitative estimate of drug-likeness (QED) is 0.607. The highest BCUT2D eigenvalue weighted by atomic mass is 16.6. The Morgan fingerprint density at radius 2 is 1.92 bits per heavy atom. The number of para-hydroxylation sites is 1. The average molecular weight is 523 g/mol. The van der Waals surface area contributed by atoms with Crippen molar-refractivity contribution in [3.63, 3.8) is 0 Å². The van der Waals surface area contributed by atoms with Crippen molar-refractivity contribution in [1.82, 2.24) is 20.1 Å². The van der Waals surface area contributed by atoms with Gasteiger partial charge in [-0.05, 0) is 95.1 Å². The molecule has 38 heavy (non-hydrogen) atoms. The van der Waals surface area contributed by atoms with E-state index in [0.717, 1.165) is 55.6 Å². The molecule has 8 nitrogen and oxygen atoms in total. The van der Waals surface area contributed by atoms with Crippen molar-refractivity contribution in [2.45, 2.75) is 52.1 Å². The Balaban J connectivity index is 1.42. The van der Waals surface area contributed by atoms with Gasteiger partial charge in [0.1, 0.15) is 17.0 Å². The second-order valence-corrected chi connectivity index (χ2v) is 11.5. The number of carbonyl (C=O) groups excluding carboxylic acids is 2. The Morgan fingerprint density at radius 1 is 1.16 bits per heavy atom. The molecule has 0 radical (unpaired) electrons. The smallest absolute Gasteiger partial charge is 0.410 e. The molecule has 1 saturated heterocycles. The van der Waals surface area contributed by atoms with Gasteiger partial charge in [-0.2, -0.15) is 0 Å². The van der Waals surface area contributed by atoms with Gasteiger partial charge in [-0.15, -0.1) is 0 Å². The Kier molecular flexibility index (Phi) is 9.26. The molecule has 4 rings (SSSR count). The molecule has 3 heterocycles. The minimum Gasteiger partial charge on any atom is -0.493 e. The average Bonchev–Trinajstić information content (AvgIpc) is 2.89. The molecule has 0 saturated carbocycles. The van der Waals surface area contributed by atoms with Crippen LogP contribution >= 0.6 is 0 Å². The van der Waals surface area contributed by atoms with Crippen LogP contribution in [0.2, 0.25) is 0 Å². The number of rotatable bonds is 2. The molecule has 0 spiro atoms. The lowest BCUT2D eigenvalue weighted by molar-refractivity contribution is 0.0172. The second kappa shape index (κ2) is 12.6. The lowest BCUT2D eigenvalue weighted by Gasteiger charge is -2.35. The summed E-state index contributed by atoms with van der Waals surface area (Å²) in [6.07, 6.45) is 5.26. The van der Waals surface area contributed by atoms with Crippen molar-refractivity contribution >= 4 is 12.0 Å². The Labute approximate surface area is 226 Å². The zero-order chi connectivity index (χ0) is 27.1. The summed E-state index contributed by atoms with van der Waals surface area (Å²) in [6.45, 7) is 10.1. The number of nitrogens with zero attached hydrogens (tertiary/aromatic N) is 3. The molecule has 2 amide bonds. The third-order valence-corrected chi connectivity index (χ3v) is 7.18. The van der Waals surface area contributed by atoms with E-state index in [9.17, 15) is 9.59 Å². The zero-order valence-electron chi connectivity index (χ0n) is 23.2. The van der Waals surface area contributed by atoms with Gasteiger partial charge in [0.15, 0.2) is 0 Å². The normalized spacial score (nSPS) is 20.1. The Hall–Kier alpha value is -3.13. The molecule has 2 aromatic rings. The maximum atomic E-state index is 13.4. The number of amides is 2. The fraction of sp³-hybridized carbons (Fsp3) is 0.567. The molecule has 1 atom stereocenters. The van der Waals surface area contributed by atoms with Crippen LogP contribution in [0.3, 0.4) is 0 Å².